The number of hydrogen-bond donors (Lipinski definition) is 0. The van der Waals surface area contributed by atoms with E-state index in [2.05, 4.69) is 42.5 Å². The molecule has 16 heavy (non-hydrogen) atoms. The molecule has 0 aliphatic heterocycles. The average molecular weight is 216 g/mol. The van der Waals surface area contributed by atoms with E-state index >= 15 is 0 Å². The first kappa shape index (κ1) is 12.5. The largest absolute Gasteiger partial charge is 0.335 e. The fraction of sp³-hybridized carbons (Fsp3) is 0.357. The van der Waals surface area contributed by atoms with Gasteiger partial charge in [0.15, 0.2) is 0 Å². The van der Waals surface area contributed by atoms with Gasteiger partial charge < -0.3 is 4.90 Å². The predicted molar refractivity (Wildman–Crippen MR) is 70.4 cm³/mol. The zero-order chi connectivity index (χ0) is 12.0. The van der Waals surface area contributed by atoms with E-state index in [9.17, 15) is 0 Å². The smallest absolute Gasteiger partial charge is 0.100 e. The molecular weight excluding hydrogens is 196 g/mol. The van der Waals surface area contributed by atoms with E-state index in [4.69, 9.17) is 0 Å². The Labute approximate surface area is 98.3 Å². The minimum Gasteiger partial charge on any atom is -0.335 e. The van der Waals surface area contributed by atoms with Crippen LogP contribution < -0.4 is 0 Å². The first-order valence-electron chi connectivity index (χ1n) is 5.61. The lowest BCUT2D eigenvalue weighted by Gasteiger charge is -2.23. The minimum atomic E-state index is 0.400. The molecule has 0 N–H and O–H groups in total. The Morgan fingerprint density at radius 3 is 2.50 bits per heavy atom. The van der Waals surface area contributed by atoms with Crippen LogP contribution in [-0.2, 0) is 6.54 Å². The summed E-state index contributed by atoms with van der Waals surface area (Å²) in [5.74, 6) is 1.01. The number of aliphatic imine (C=N–C) groups is 1. The summed E-state index contributed by atoms with van der Waals surface area (Å²) in [6.45, 7) is 10.8. The highest BCUT2D eigenvalue weighted by Gasteiger charge is 2.06. The van der Waals surface area contributed by atoms with Gasteiger partial charge in [-0.1, -0.05) is 36.9 Å². The maximum atomic E-state index is 4.56. The molecule has 0 spiro atoms. The highest BCUT2D eigenvalue weighted by atomic mass is 15.2. The highest BCUT2D eigenvalue weighted by molar-refractivity contribution is 5.80. The molecule has 0 radical (unpaired) electrons. The van der Waals surface area contributed by atoms with Crippen LogP contribution in [0, 0.1) is 0 Å². The van der Waals surface area contributed by atoms with Gasteiger partial charge in [-0.2, -0.15) is 0 Å². The van der Waals surface area contributed by atoms with Crippen molar-refractivity contribution in [2.45, 2.75) is 33.4 Å². The number of amidine groups is 1. The zero-order valence-corrected chi connectivity index (χ0v) is 10.4. The maximum Gasteiger partial charge on any atom is 0.100 e. The molecule has 0 saturated carbocycles. The second-order valence-electron chi connectivity index (χ2n) is 4.03. The SMILES string of the molecule is C=CN(C(C)=NCc1ccccc1)C(C)C. The van der Waals surface area contributed by atoms with E-state index < -0.39 is 0 Å². The van der Waals surface area contributed by atoms with Crippen molar-refractivity contribution in [3.05, 3.63) is 48.7 Å². The molecule has 1 aromatic rings. The third kappa shape index (κ3) is 3.54. The topological polar surface area (TPSA) is 15.6 Å². The summed E-state index contributed by atoms with van der Waals surface area (Å²) in [6.07, 6.45) is 1.83. The summed E-state index contributed by atoms with van der Waals surface area (Å²) < 4.78 is 0. The van der Waals surface area contributed by atoms with E-state index in [1.54, 1.807) is 0 Å². The van der Waals surface area contributed by atoms with Crippen molar-refractivity contribution < 1.29 is 0 Å². The van der Waals surface area contributed by atoms with Crippen LogP contribution >= 0.6 is 0 Å². The van der Waals surface area contributed by atoms with Crippen LogP contribution in [0.15, 0.2) is 48.1 Å². The van der Waals surface area contributed by atoms with E-state index in [1.165, 1.54) is 5.56 Å². The van der Waals surface area contributed by atoms with E-state index in [0.717, 1.165) is 12.4 Å². The van der Waals surface area contributed by atoms with Gasteiger partial charge in [0.1, 0.15) is 5.84 Å². The van der Waals surface area contributed by atoms with E-state index in [-0.39, 0.29) is 0 Å². The molecule has 0 heterocycles. The summed E-state index contributed by atoms with van der Waals surface area (Å²) in [5, 5.41) is 0. The normalized spacial score (nSPS) is 11.6. The van der Waals surface area contributed by atoms with Gasteiger partial charge in [0.25, 0.3) is 0 Å². The van der Waals surface area contributed by atoms with E-state index in [1.807, 2.05) is 31.3 Å². The van der Waals surface area contributed by atoms with Gasteiger partial charge in [0.05, 0.1) is 6.54 Å². The Kier molecular flexibility index (Phi) is 4.77. The van der Waals surface area contributed by atoms with E-state index in [0.29, 0.717) is 6.04 Å². The van der Waals surface area contributed by atoms with Crippen LogP contribution in [0.25, 0.3) is 0 Å². The number of nitrogens with zero attached hydrogens (tertiary/aromatic N) is 2. The first-order valence-corrected chi connectivity index (χ1v) is 5.61. The number of rotatable bonds is 4. The average Bonchev–Trinajstić information content (AvgIpc) is 2.28. The van der Waals surface area contributed by atoms with Crippen LogP contribution in [0.2, 0.25) is 0 Å². The van der Waals surface area contributed by atoms with Gasteiger partial charge in [-0.25, -0.2) is 0 Å². The minimum absolute atomic E-state index is 0.400. The van der Waals surface area contributed by atoms with Crippen molar-refractivity contribution in [3.8, 4) is 0 Å². The zero-order valence-electron chi connectivity index (χ0n) is 10.4. The molecular formula is C14H20N2. The molecule has 2 nitrogen and oxygen atoms in total. The van der Waals surface area contributed by atoms with Crippen LogP contribution in [0.3, 0.4) is 0 Å². The van der Waals surface area contributed by atoms with Gasteiger partial charge in [-0.05, 0) is 32.5 Å². The predicted octanol–water partition coefficient (Wildman–Crippen LogP) is 3.46. The fourth-order valence-electron chi connectivity index (χ4n) is 1.59. The third-order valence-electron chi connectivity index (χ3n) is 2.46. The van der Waals surface area contributed by atoms with Crippen LogP contribution in [0.4, 0.5) is 0 Å². The number of hydrogen-bond acceptors (Lipinski definition) is 1. The monoisotopic (exact) mass is 216 g/mol. The lowest BCUT2D eigenvalue weighted by atomic mass is 10.2. The standard InChI is InChI=1S/C14H20N2/c1-5-16(12(2)3)13(4)15-11-14-9-7-6-8-10-14/h5-10,12H,1,11H2,2-4H3. The van der Waals surface area contributed by atoms with Crippen LogP contribution in [0.5, 0.6) is 0 Å². The Balaban J connectivity index is 2.67. The Morgan fingerprint density at radius 1 is 1.38 bits per heavy atom. The number of benzene rings is 1. The first-order chi connectivity index (χ1) is 7.65. The molecule has 1 rings (SSSR count). The fourth-order valence-corrected chi connectivity index (χ4v) is 1.59. The van der Waals surface area contributed by atoms with Crippen LogP contribution in [-0.4, -0.2) is 16.8 Å². The third-order valence-corrected chi connectivity index (χ3v) is 2.46. The molecule has 86 valence electrons. The Hall–Kier alpha value is -1.57. The van der Waals surface area contributed by atoms with Crippen molar-refractivity contribution in [2.75, 3.05) is 0 Å². The molecule has 0 fully saturated rings. The lowest BCUT2D eigenvalue weighted by Crippen LogP contribution is -2.29. The van der Waals surface area contributed by atoms with Gasteiger partial charge in [0, 0.05) is 6.04 Å². The highest BCUT2D eigenvalue weighted by Crippen LogP contribution is 2.04. The quantitative estimate of drug-likeness (QED) is 0.556. The van der Waals surface area contributed by atoms with Gasteiger partial charge in [0.2, 0.25) is 0 Å². The molecule has 0 bridgehead atoms. The van der Waals surface area contributed by atoms with Crippen molar-refractivity contribution >= 4 is 5.84 Å². The van der Waals surface area contributed by atoms with Crippen molar-refractivity contribution in [1.82, 2.24) is 4.90 Å². The van der Waals surface area contributed by atoms with Crippen molar-refractivity contribution in [3.63, 3.8) is 0 Å². The summed E-state index contributed by atoms with van der Waals surface area (Å²) in [7, 11) is 0. The summed E-state index contributed by atoms with van der Waals surface area (Å²) in [5.41, 5.74) is 1.23. The van der Waals surface area contributed by atoms with Gasteiger partial charge in [-0.15, -0.1) is 0 Å². The maximum absolute atomic E-state index is 4.56. The molecule has 0 aliphatic carbocycles. The second kappa shape index (κ2) is 6.11. The lowest BCUT2D eigenvalue weighted by molar-refractivity contribution is 0.455. The molecule has 0 aromatic heterocycles. The second-order valence-corrected chi connectivity index (χ2v) is 4.03. The summed E-state index contributed by atoms with van der Waals surface area (Å²) in [4.78, 5) is 6.63. The van der Waals surface area contributed by atoms with Crippen LogP contribution in [0.1, 0.15) is 26.3 Å². The molecule has 0 saturated heterocycles. The molecule has 0 amide bonds. The molecule has 2 heteroatoms. The molecule has 0 atom stereocenters. The Morgan fingerprint density at radius 2 is 2.00 bits per heavy atom. The van der Waals surface area contributed by atoms with Crippen molar-refractivity contribution in [1.29, 1.82) is 0 Å². The summed E-state index contributed by atoms with van der Waals surface area (Å²) >= 11 is 0. The van der Waals surface area contributed by atoms with Gasteiger partial charge in [-0.3, -0.25) is 4.99 Å². The Bertz CT molecular complexity index is 352. The molecule has 0 unspecified atom stereocenters. The molecule has 0 aliphatic rings. The molecule has 1 aromatic carbocycles. The van der Waals surface area contributed by atoms with Crippen molar-refractivity contribution in [2.24, 2.45) is 4.99 Å². The summed E-state index contributed by atoms with van der Waals surface area (Å²) in [6, 6.07) is 10.7. The van der Waals surface area contributed by atoms with Gasteiger partial charge >= 0.3 is 0 Å².